The van der Waals surface area contributed by atoms with Gasteiger partial charge in [0, 0.05) is 61.2 Å². The Morgan fingerprint density at radius 3 is 2.67 bits per heavy atom. The Morgan fingerprint density at radius 1 is 1.27 bits per heavy atom. The van der Waals surface area contributed by atoms with Crippen molar-refractivity contribution in [2.75, 3.05) is 26.7 Å². The molecule has 2 aromatic heterocycles. The van der Waals surface area contributed by atoms with Crippen molar-refractivity contribution in [1.29, 1.82) is 0 Å². The molecule has 0 aromatic carbocycles. The lowest BCUT2D eigenvalue weighted by atomic mass is 9.99. The monoisotopic (exact) mass is 451 g/mol. The van der Waals surface area contributed by atoms with E-state index in [9.17, 15) is 9.90 Å². The van der Waals surface area contributed by atoms with E-state index < -0.39 is 0 Å². The Labute approximate surface area is 196 Å². The van der Waals surface area contributed by atoms with Crippen LogP contribution < -0.4 is 4.74 Å². The van der Waals surface area contributed by atoms with E-state index in [0.29, 0.717) is 36.6 Å². The zero-order valence-corrected chi connectivity index (χ0v) is 20.0. The molecule has 0 saturated heterocycles. The number of nitrogens with zero attached hydrogens (tertiary/aromatic N) is 5. The third-order valence-electron chi connectivity index (χ3n) is 5.58. The fourth-order valence-electron chi connectivity index (χ4n) is 3.71. The Kier molecular flexibility index (Phi) is 8.37. The molecule has 1 N–H and O–H groups in total. The summed E-state index contributed by atoms with van der Waals surface area (Å²) in [4.78, 5) is 29.9. The average molecular weight is 452 g/mol. The van der Waals surface area contributed by atoms with E-state index in [0.717, 1.165) is 5.56 Å². The van der Waals surface area contributed by atoms with Crippen molar-refractivity contribution in [2.24, 2.45) is 11.8 Å². The number of pyridine rings is 1. The quantitative estimate of drug-likeness (QED) is 0.674. The van der Waals surface area contributed by atoms with Crippen molar-refractivity contribution in [1.82, 2.24) is 24.8 Å². The van der Waals surface area contributed by atoms with Crippen LogP contribution in [0.25, 0.3) is 0 Å². The highest BCUT2D eigenvalue weighted by Gasteiger charge is 2.34. The van der Waals surface area contributed by atoms with E-state index in [1.165, 1.54) is 6.33 Å². The van der Waals surface area contributed by atoms with Gasteiger partial charge in [0.05, 0.1) is 12.6 Å². The third kappa shape index (κ3) is 6.50. The summed E-state index contributed by atoms with van der Waals surface area (Å²) in [5.41, 5.74) is 2.06. The molecular weight excluding hydrogens is 418 g/mol. The summed E-state index contributed by atoms with van der Waals surface area (Å²) < 4.78 is 6.33. The largest absolute Gasteiger partial charge is 0.472 e. The van der Waals surface area contributed by atoms with Crippen molar-refractivity contribution in [2.45, 2.75) is 46.4 Å². The van der Waals surface area contributed by atoms with E-state index in [1.54, 1.807) is 29.6 Å². The molecule has 0 fully saturated rings. The van der Waals surface area contributed by atoms with E-state index in [2.05, 4.69) is 38.6 Å². The molecule has 1 aliphatic rings. The van der Waals surface area contributed by atoms with Crippen molar-refractivity contribution >= 4 is 5.91 Å². The number of aliphatic hydroxyl groups is 1. The van der Waals surface area contributed by atoms with Gasteiger partial charge in [0.2, 0.25) is 5.88 Å². The molecule has 0 radical (unpaired) electrons. The summed E-state index contributed by atoms with van der Waals surface area (Å²) in [6, 6.07) is 1.42. The fraction of sp³-hybridized carbons (Fsp3) is 0.520. The first-order valence-electron chi connectivity index (χ1n) is 11.3. The Morgan fingerprint density at radius 2 is 2.00 bits per heavy atom. The van der Waals surface area contributed by atoms with Crippen molar-refractivity contribution in [3.8, 4) is 17.7 Å². The van der Waals surface area contributed by atoms with Gasteiger partial charge in [0.1, 0.15) is 18.0 Å². The lowest BCUT2D eigenvalue weighted by molar-refractivity contribution is 0.0325. The van der Waals surface area contributed by atoms with Crippen LogP contribution in [0.3, 0.4) is 0 Å². The molecule has 33 heavy (non-hydrogen) atoms. The molecule has 2 aromatic rings. The van der Waals surface area contributed by atoms with Gasteiger partial charge < -0.3 is 14.7 Å². The number of aromatic nitrogens is 3. The SMILES string of the molecule is CC(C)C#Cc1cnc2c(c1)C(=O)N([C@@H](C)CO)C[C@@H](C)[C@H](CN(C)Cc1cncnc1)O2. The minimum Gasteiger partial charge on any atom is -0.472 e. The van der Waals surface area contributed by atoms with Gasteiger partial charge in [-0.3, -0.25) is 9.69 Å². The van der Waals surface area contributed by atoms with Crippen LogP contribution in [0.5, 0.6) is 5.88 Å². The standard InChI is InChI=1S/C25H33N5O3/c1-17(2)6-7-20-8-22-24(28-11-20)33-23(14-29(5)13-21-9-26-16-27-10-21)18(3)12-30(25(22)32)19(4)15-31/h8-11,16-19,23,31H,12-15H2,1-5H3/t18-,19+,23+/m1/s1. The van der Waals surface area contributed by atoms with E-state index in [-0.39, 0.29) is 36.5 Å². The summed E-state index contributed by atoms with van der Waals surface area (Å²) in [7, 11) is 2.01. The van der Waals surface area contributed by atoms with Gasteiger partial charge in [-0.05, 0) is 20.0 Å². The van der Waals surface area contributed by atoms with Gasteiger partial charge in [-0.1, -0.05) is 32.6 Å². The topological polar surface area (TPSA) is 91.7 Å². The van der Waals surface area contributed by atoms with Crippen molar-refractivity contribution in [3.63, 3.8) is 0 Å². The van der Waals surface area contributed by atoms with Gasteiger partial charge in [-0.2, -0.15) is 0 Å². The summed E-state index contributed by atoms with van der Waals surface area (Å²) in [6.07, 6.45) is 6.55. The zero-order valence-electron chi connectivity index (χ0n) is 20.0. The van der Waals surface area contributed by atoms with Gasteiger partial charge in [0.25, 0.3) is 5.91 Å². The number of likely N-dealkylation sites (N-methyl/N-ethyl adjacent to an activating group) is 1. The first-order chi connectivity index (χ1) is 15.8. The van der Waals surface area contributed by atoms with Gasteiger partial charge >= 0.3 is 0 Å². The van der Waals surface area contributed by atoms with Crippen LogP contribution in [0.4, 0.5) is 0 Å². The number of carbonyl (C=O) groups is 1. The predicted octanol–water partition coefficient (Wildman–Crippen LogP) is 2.23. The van der Waals surface area contributed by atoms with Crippen LogP contribution in [0, 0.1) is 23.7 Å². The van der Waals surface area contributed by atoms with Crippen molar-refractivity contribution < 1.29 is 14.6 Å². The second kappa shape index (κ2) is 11.2. The van der Waals surface area contributed by atoms with E-state index >= 15 is 0 Å². The number of aliphatic hydroxyl groups excluding tert-OH is 1. The Balaban J connectivity index is 1.91. The number of rotatable bonds is 6. The molecule has 1 amide bonds. The van der Waals surface area contributed by atoms with Gasteiger partial charge in [-0.15, -0.1) is 0 Å². The Hall–Kier alpha value is -3.02. The molecule has 0 unspecified atom stereocenters. The van der Waals surface area contributed by atoms with Crippen LogP contribution in [-0.2, 0) is 6.54 Å². The molecule has 8 nitrogen and oxygen atoms in total. The highest BCUT2D eigenvalue weighted by atomic mass is 16.5. The summed E-state index contributed by atoms with van der Waals surface area (Å²) >= 11 is 0. The number of fused-ring (bicyclic) bond motifs is 1. The second-order valence-corrected chi connectivity index (χ2v) is 9.07. The molecule has 176 valence electrons. The normalized spacial score (nSPS) is 19.3. The minimum absolute atomic E-state index is 0.0211. The maximum atomic E-state index is 13.4. The molecule has 0 saturated carbocycles. The highest BCUT2D eigenvalue weighted by molar-refractivity contribution is 5.97. The summed E-state index contributed by atoms with van der Waals surface area (Å²) in [5, 5.41) is 9.79. The molecule has 3 heterocycles. The third-order valence-corrected chi connectivity index (χ3v) is 5.58. The maximum absolute atomic E-state index is 13.4. The molecule has 3 atom stereocenters. The fourth-order valence-corrected chi connectivity index (χ4v) is 3.71. The number of carbonyl (C=O) groups excluding carboxylic acids is 1. The predicted molar refractivity (Wildman–Crippen MR) is 125 cm³/mol. The number of hydrogen-bond donors (Lipinski definition) is 1. The first kappa shape index (κ1) is 24.6. The molecule has 0 spiro atoms. The second-order valence-electron chi connectivity index (χ2n) is 9.07. The van der Waals surface area contributed by atoms with E-state index in [1.807, 2.05) is 27.8 Å². The van der Waals surface area contributed by atoms with Crippen molar-refractivity contribution in [3.05, 3.63) is 47.7 Å². The smallest absolute Gasteiger partial charge is 0.259 e. The minimum atomic E-state index is -0.323. The highest BCUT2D eigenvalue weighted by Crippen LogP contribution is 2.27. The average Bonchev–Trinajstić information content (AvgIpc) is 2.80. The lowest BCUT2D eigenvalue weighted by Gasteiger charge is -2.37. The molecular formula is C25H33N5O3. The maximum Gasteiger partial charge on any atom is 0.259 e. The number of ether oxygens (including phenoxy) is 1. The zero-order chi connectivity index (χ0) is 24.0. The van der Waals surface area contributed by atoms with Crippen LogP contribution >= 0.6 is 0 Å². The molecule has 1 aliphatic heterocycles. The van der Waals surface area contributed by atoms with Crippen LogP contribution in [0.2, 0.25) is 0 Å². The number of hydrogen-bond acceptors (Lipinski definition) is 7. The van der Waals surface area contributed by atoms with Crippen LogP contribution in [0.15, 0.2) is 31.0 Å². The van der Waals surface area contributed by atoms with Crippen LogP contribution in [0.1, 0.15) is 49.2 Å². The molecule has 0 bridgehead atoms. The molecule has 3 rings (SSSR count). The van der Waals surface area contributed by atoms with Crippen LogP contribution in [-0.4, -0.2) is 74.7 Å². The lowest BCUT2D eigenvalue weighted by Crippen LogP contribution is -2.49. The number of amides is 1. The van der Waals surface area contributed by atoms with Gasteiger partial charge in [-0.25, -0.2) is 15.0 Å². The molecule has 0 aliphatic carbocycles. The Bertz CT molecular complexity index is 1000. The van der Waals surface area contributed by atoms with E-state index in [4.69, 9.17) is 4.74 Å². The first-order valence-corrected chi connectivity index (χ1v) is 11.3. The summed E-state index contributed by atoms with van der Waals surface area (Å²) in [5.74, 6) is 6.52. The van der Waals surface area contributed by atoms with Gasteiger partial charge in [0.15, 0.2) is 0 Å². The molecule has 8 heteroatoms. The summed E-state index contributed by atoms with van der Waals surface area (Å²) in [6.45, 7) is 9.58.